The van der Waals surface area contributed by atoms with Gasteiger partial charge in [0.2, 0.25) is 5.91 Å². The van der Waals surface area contributed by atoms with E-state index in [4.69, 9.17) is 11.5 Å². The van der Waals surface area contributed by atoms with Crippen molar-refractivity contribution in [3.05, 3.63) is 48.0 Å². The third kappa shape index (κ3) is 1.95. The zero-order chi connectivity index (χ0) is 14.1. The zero-order valence-corrected chi connectivity index (χ0v) is 10.5. The van der Waals surface area contributed by atoms with Gasteiger partial charge in [-0.3, -0.25) is 4.79 Å². The van der Waals surface area contributed by atoms with Gasteiger partial charge in [0.1, 0.15) is 11.8 Å². The van der Waals surface area contributed by atoms with Gasteiger partial charge in [-0.25, -0.2) is 15.0 Å². The van der Waals surface area contributed by atoms with Crippen LogP contribution in [-0.4, -0.2) is 25.4 Å². The second kappa shape index (κ2) is 4.61. The molecular weight excluding hydrogens is 256 g/mol. The Bertz CT molecular complexity index is 794. The summed E-state index contributed by atoms with van der Waals surface area (Å²) < 4.78 is 1.80. The first-order valence-corrected chi connectivity index (χ1v) is 5.96. The van der Waals surface area contributed by atoms with Gasteiger partial charge in [0.05, 0.1) is 12.9 Å². The van der Waals surface area contributed by atoms with E-state index in [2.05, 4.69) is 15.0 Å². The number of primary amides is 1. The Labute approximate surface area is 114 Å². The summed E-state index contributed by atoms with van der Waals surface area (Å²) in [7, 11) is 0. The van der Waals surface area contributed by atoms with Crippen molar-refractivity contribution in [1.82, 2.24) is 19.5 Å². The maximum absolute atomic E-state index is 11.4. The highest BCUT2D eigenvalue weighted by Gasteiger charge is 2.11. The second-order valence-corrected chi connectivity index (χ2v) is 4.32. The van der Waals surface area contributed by atoms with Crippen LogP contribution in [0, 0.1) is 0 Å². The summed E-state index contributed by atoms with van der Waals surface area (Å²) in [4.78, 5) is 23.7. The van der Waals surface area contributed by atoms with Gasteiger partial charge in [-0.05, 0) is 11.6 Å². The number of benzene rings is 1. The predicted octanol–water partition coefficient (Wildman–Crippen LogP) is 0.556. The number of amides is 1. The summed E-state index contributed by atoms with van der Waals surface area (Å²) in [6.07, 6.45) is 3.00. The zero-order valence-electron chi connectivity index (χ0n) is 10.5. The second-order valence-electron chi connectivity index (χ2n) is 4.32. The minimum absolute atomic E-state index is 0.330. The number of imidazole rings is 1. The fourth-order valence-electron chi connectivity index (χ4n) is 2.10. The van der Waals surface area contributed by atoms with Gasteiger partial charge in [-0.2, -0.15) is 0 Å². The molecule has 2 aromatic heterocycles. The van der Waals surface area contributed by atoms with Gasteiger partial charge in [-0.1, -0.05) is 18.2 Å². The summed E-state index contributed by atoms with van der Waals surface area (Å²) in [5, 5.41) is 0. The van der Waals surface area contributed by atoms with E-state index < -0.39 is 5.91 Å². The molecule has 4 N–H and O–H groups in total. The van der Waals surface area contributed by atoms with E-state index in [1.165, 1.54) is 6.33 Å². The standard InChI is InChI=1S/C13H12N6O/c14-11-10-13(17-6-16-11)19(7-18-10)5-8-3-1-2-4-9(8)12(15)20/h1-4,6-7H,5H2,(H2,15,20)(H2,14,16,17). The lowest BCUT2D eigenvalue weighted by molar-refractivity contribution is 0.0999. The van der Waals surface area contributed by atoms with E-state index in [0.717, 1.165) is 5.56 Å². The number of hydrogen-bond donors (Lipinski definition) is 2. The summed E-state index contributed by atoms with van der Waals surface area (Å²) in [5.41, 5.74) is 13.6. The van der Waals surface area contributed by atoms with E-state index in [1.54, 1.807) is 23.0 Å². The molecule has 2 heterocycles. The molecule has 0 aliphatic rings. The Morgan fingerprint density at radius 1 is 1.20 bits per heavy atom. The van der Waals surface area contributed by atoms with Crippen LogP contribution in [0.4, 0.5) is 5.82 Å². The Kier molecular flexibility index (Phi) is 2.79. The lowest BCUT2D eigenvalue weighted by atomic mass is 10.1. The van der Waals surface area contributed by atoms with Crippen LogP contribution in [0.3, 0.4) is 0 Å². The van der Waals surface area contributed by atoms with Crippen LogP contribution in [0.15, 0.2) is 36.9 Å². The number of carbonyl (C=O) groups is 1. The highest BCUT2D eigenvalue weighted by Crippen LogP contribution is 2.17. The number of fused-ring (bicyclic) bond motifs is 1. The number of aromatic nitrogens is 4. The minimum atomic E-state index is -0.459. The molecule has 0 radical (unpaired) electrons. The molecule has 0 aliphatic heterocycles. The normalized spacial score (nSPS) is 10.8. The first kappa shape index (κ1) is 12.1. The van der Waals surface area contributed by atoms with Gasteiger partial charge in [0.25, 0.3) is 0 Å². The molecule has 3 rings (SSSR count). The van der Waals surface area contributed by atoms with E-state index >= 15 is 0 Å². The van der Waals surface area contributed by atoms with Crippen LogP contribution in [-0.2, 0) is 6.54 Å². The Morgan fingerprint density at radius 2 is 2.00 bits per heavy atom. The number of nitrogens with zero attached hydrogens (tertiary/aromatic N) is 4. The van der Waals surface area contributed by atoms with Gasteiger partial charge < -0.3 is 16.0 Å². The molecule has 0 saturated carbocycles. The van der Waals surface area contributed by atoms with E-state index in [0.29, 0.717) is 29.1 Å². The molecule has 1 amide bonds. The average Bonchev–Trinajstić information content (AvgIpc) is 2.84. The van der Waals surface area contributed by atoms with Crippen LogP contribution in [0.25, 0.3) is 11.2 Å². The van der Waals surface area contributed by atoms with Crippen molar-refractivity contribution in [2.45, 2.75) is 6.54 Å². The van der Waals surface area contributed by atoms with E-state index in [1.807, 2.05) is 12.1 Å². The molecule has 7 heteroatoms. The van der Waals surface area contributed by atoms with Crippen molar-refractivity contribution in [2.75, 3.05) is 5.73 Å². The largest absolute Gasteiger partial charge is 0.382 e. The van der Waals surface area contributed by atoms with Crippen LogP contribution >= 0.6 is 0 Å². The van der Waals surface area contributed by atoms with Crippen molar-refractivity contribution < 1.29 is 4.79 Å². The number of carbonyl (C=O) groups excluding carboxylic acids is 1. The number of rotatable bonds is 3. The third-order valence-electron chi connectivity index (χ3n) is 3.05. The van der Waals surface area contributed by atoms with Crippen LogP contribution in [0.2, 0.25) is 0 Å². The van der Waals surface area contributed by atoms with Gasteiger partial charge in [-0.15, -0.1) is 0 Å². The Morgan fingerprint density at radius 3 is 2.80 bits per heavy atom. The minimum Gasteiger partial charge on any atom is -0.382 e. The van der Waals surface area contributed by atoms with Crippen molar-refractivity contribution in [2.24, 2.45) is 5.73 Å². The van der Waals surface area contributed by atoms with E-state index in [9.17, 15) is 4.79 Å². The Balaban J connectivity index is 2.06. The first-order valence-electron chi connectivity index (χ1n) is 5.96. The predicted molar refractivity (Wildman–Crippen MR) is 73.8 cm³/mol. The fraction of sp³-hybridized carbons (Fsp3) is 0.0769. The van der Waals surface area contributed by atoms with Crippen molar-refractivity contribution >= 4 is 22.9 Å². The van der Waals surface area contributed by atoms with Crippen molar-refractivity contribution in [1.29, 1.82) is 0 Å². The highest BCUT2D eigenvalue weighted by molar-refractivity contribution is 5.94. The summed E-state index contributed by atoms with van der Waals surface area (Å²) in [5.74, 6) is -0.129. The van der Waals surface area contributed by atoms with E-state index in [-0.39, 0.29) is 0 Å². The quantitative estimate of drug-likeness (QED) is 0.720. The van der Waals surface area contributed by atoms with Crippen LogP contribution in [0.1, 0.15) is 15.9 Å². The molecule has 0 fully saturated rings. The third-order valence-corrected chi connectivity index (χ3v) is 3.05. The summed E-state index contributed by atoms with van der Waals surface area (Å²) in [6, 6.07) is 7.16. The maximum atomic E-state index is 11.4. The average molecular weight is 268 g/mol. The molecule has 0 atom stereocenters. The first-order chi connectivity index (χ1) is 9.66. The number of anilines is 1. The topological polar surface area (TPSA) is 113 Å². The maximum Gasteiger partial charge on any atom is 0.249 e. The highest BCUT2D eigenvalue weighted by atomic mass is 16.1. The molecular formula is C13H12N6O. The molecule has 0 saturated heterocycles. The molecule has 1 aromatic carbocycles. The lowest BCUT2D eigenvalue weighted by Crippen LogP contribution is -2.15. The summed E-state index contributed by atoms with van der Waals surface area (Å²) in [6.45, 7) is 0.437. The smallest absolute Gasteiger partial charge is 0.249 e. The molecule has 0 aliphatic carbocycles. The monoisotopic (exact) mass is 268 g/mol. The SMILES string of the molecule is NC(=O)c1ccccc1Cn1cnc2c(N)ncnc21. The number of hydrogen-bond acceptors (Lipinski definition) is 5. The molecule has 100 valence electrons. The van der Waals surface area contributed by atoms with Crippen LogP contribution in [0.5, 0.6) is 0 Å². The summed E-state index contributed by atoms with van der Waals surface area (Å²) >= 11 is 0. The molecule has 0 unspecified atom stereocenters. The Hall–Kier alpha value is -2.96. The number of nitrogen functional groups attached to an aromatic ring is 1. The molecule has 7 nitrogen and oxygen atoms in total. The van der Waals surface area contributed by atoms with Gasteiger partial charge in [0, 0.05) is 5.56 Å². The molecule has 3 aromatic rings. The van der Waals surface area contributed by atoms with Gasteiger partial charge in [0.15, 0.2) is 11.5 Å². The molecule has 20 heavy (non-hydrogen) atoms. The van der Waals surface area contributed by atoms with Crippen molar-refractivity contribution in [3.8, 4) is 0 Å². The number of nitrogens with two attached hydrogens (primary N) is 2. The van der Waals surface area contributed by atoms with Crippen molar-refractivity contribution in [3.63, 3.8) is 0 Å². The molecule has 0 bridgehead atoms. The van der Waals surface area contributed by atoms with Crippen LogP contribution < -0.4 is 11.5 Å². The fourth-order valence-corrected chi connectivity index (χ4v) is 2.10. The lowest BCUT2D eigenvalue weighted by Gasteiger charge is -2.07. The van der Waals surface area contributed by atoms with Gasteiger partial charge >= 0.3 is 0 Å². The molecule has 0 spiro atoms.